The summed E-state index contributed by atoms with van der Waals surface area (Å²) in [6.45, 7) is 1.85. The summed E-state index contributed by atoms with van der Waals surface area (Å²) < 4.78 is 10.5. The van der Waals surface area contributed by atoms with Gasteiger partial charge in [0.05, 0.1) is 25.2 Å². The normalized spacial score (nSPS) is 15.1. The minimum atomic E-state index is -0.321. The van der Waals surface area contributed by atoms with Gasteiger partial charge in [0.1, 0.15) is 11.5 Å². The van der Waals surface area contributed by atoms with Gasteiger partial charge in [0.15, 0.2) is 0 Å². The fraction of sp³-hybridized carbons (Fsp3) is 0.417. The molecule has 0 heterocycles. The molecule has 1 atom stereocenters. The van der Waals surface area contributed by atoms with E-state index in [1.54, 1.807) is 32.4 Å². The Morgan fingerprint density at radius 1 is 0.968 bits per heavy atom. The van der Waals surface area contributed by atoms with Crippen molar-refractivity contribution in [2.24, 2.45) is 5.92 Å². The van der Waals surface area contributed by atoms with Gasteiger partial charge in [-0.25, -0.2) is 0 Å². The van der Waals surface area contributed by atoms with Crippen LogP contribution >= 0.6 is 11.8 Å². The molecule has 2 amide bonds. The number of ether oxygens (including phenoxy) is 2. The minimum absolute atomic E-state index is 0.111. The third-order valence-electron chi connectivity index (χ3n) is 5.44. The molecule has 166 valence electrons. The number of rotatable bonds is 8. The Kier molecular flexibility index (Phi) is 8.23. The number of benzene rings is 2. The molecule has 3 rings (SSSR count). The first kappa shape index (κ1) is 23.0. The number of anilines is 2. The predicted octanol–water partition coefficient (Wildman–Crippen LogP) is 5.34. The smallest absolute Gasteiger partial charge is 0.237 e. The molecule has 0 bridgehead atoms. The van der Waals surface area contributed by atoms with Crippen LogP contribution in [0.4, 0.5) is 11.4 Å². The van der Waals surface area contributed by atoms with Crippen LogP contribution in [0.5, 0.6) is 11.5 Å². The lowest BCUT2D eigenvalue weighted by atomic mass is 9.88. The van der Waals surface area contributed by atoms with Crippen molar-refractivity contribution in [2.45, 2.75) is 49.2 Å². The number of carbonyl (C=O) groups is 2. The zero-order chi connectivity index (χ0) is 22.2. The fourth-order valence-electron chi connectivity index (χ4n) is 3.63. The Balaban J connectivity index is 1.56. The molecule has 1 aliphatic carbocycles. The molecule has 1 saturated carbocycles. The molecule has 0 spiro atoms. The van der Waals surface area contributed by atoms with Crippen molar-refractivity contribution in [3.63, 3.8) is 0 Å². The average molecular weight is 443 g/mol. The summed E-state index contributed by atoms with van der Waals surface area (Å²) in [6, 6.07) is 12.9. The van der Waals surface area contributed by atoms with E-state index in [1.165, 1.54) is 18.2 Å². The maximum atomic E-state index is 12.7. The van der Waals surface area contributed by atoms with Crippen molar-refractivity contribution in [3.8, 4) is 11.5 Å². The maximum Gasteiger partial charge on any atom is 0.237 e. The number of hydrogen-bond acceptors (Lipinski definition) is 5. The molecule has 0 aromatic heterocycles. The Bertz CT molecular complexity index is 895. The fourth-order valence-corrected chi connectivity index (χ4v) is 4.50. The van der Waals surface area contributed by atoms with E-state index in [-0.39, 0.29) is 23.0 Å². The molecule has 7 heteroatoms. The number of nitrogens with one attached hydrogen (secondary N) is 2. The molecule has 1 unspecified atom stereocenters. The summed E-state index contributed by atoms with van der Waals surface area (Å²) in [5.74, 6) is 1.32. The second kappa shape index (κ2) is 11.1. The van der Waals surface area contributed by atoms with Gasteiger partial charge in [-0.3, -0.25) is 9.59 Å². The van der Waals surface area contributed by atoms with E-state index in [0.29, 0.717) is 17.2 Å². The summed E-state index contributed by atoms with van der Waals surface area (Å²) in [5, 5.41) is 5.61. The van der Waals surface area contributed by atoms with E-state index < -0.39 is 0 Å². The number of carbonyl (C=O) groups excluding carboxylic acids is 2. The van der Waals surface area contributed by atoms with Gasteiger partial charge in [-0.15, -0.1) is 11.8 Å². The van der Waals surface area contributed by atoms with E-state index in [0.717, 1.165) is 36.3 Å². The monoisotopic (exact) mass is 442 g/mol. The summed E-state index contributed by atoms with van der Waals surface area (Å²) in [7, 11) is 3.14. The van der Waals surface area contributed by atoms with Crippen LogP contribution in [0.1, 0.15) is 39.0 Å². The second-order valence-corrected chi connectivity index (χ2v) is 9.08. The summed E-state index contributed by atoms with van der Waals surface area (Å²) in [4.78, 5) is 26.0. The molecule has 0 radical (unpaired) electrons. The number of hydrogen-bond donors (Lipinski definition) is 2. The van der Waals surface area contributed by atoms with Crippen molar-refractivity contribution in [1.82, 2.24) is 0 Å². The van der Waals surface area contributed by atoms with Crippen LogP contribution in [0, 0.1) is 5.92 Å². The largest absolute Gasteiger partial charge is 0.497 e. The summed E-state index contributed by atoms with van der Waals surface area (Å²) >= 11 is 1.45. The predicted molar refractivity (Wildman–Crippen MR) is 125 cm³/mol. The van der Waals surface area contributed by atoms with Crippen LogP contribution in [0.25, 0.3) is 0 Å². The first-order chi connectivity index (χ1) is 15.0. The topological polar surface area (TPSA) is 76.7 Å². The highest BCUT2D eigenvalue weighted by Crippen LogP contribution is 2.31. The first-order valence-electron chi connectivity index (χ1n) is 10.6. The van der Waals surface area contributed by atoms with Crippen molar-refractivity contribution < 1.29 is 19.1 Å². The maximum absolute atomic E-state index is 12.7. The third kappa shape index (κ3) is 6.40. The highest BCUT2D eigenvalue weighted by Gasteiger charge is 2.21. The van der Waals surface area contributed by atoms with Gasteiger partial charge in [-0.2, -0.15) is 0 Å². The van der Waals surface area contributed by atoms with Crippen LogP contribution in [-0.4, -0.2) is 31.3 Å². The van der Waals surface area contributed by atoms with Gasteiger partial charge in [0, 0.05) is 22.6 Å². The molecule has 1 aliphatic rings. The lowest BCUT2D eigenvalue weighted by Crippen LogP contribution is -2.24. The van der Waals surface area contributed by atoms with Crippen LogP contribution in [-0.2, 0) is 9.59 Å². The molecule has 0 aliphatic heterocycles. The molecular formula is C24H30N2O4S. The van der Waals surface area contributed by atoms with Gasteiger partial charge < -0.3 is 20.1 Å². The Morgan fingerprint density at radius 3 is 2.32 bits per heavy atom. The van der Waals surface area contributed by atoms with Crippen LogP contribution in [0.3, 0.4) is 0 Å². The van der Waals surface area contributed by atoms with Crippen molar-refractivity contribution in [2.75, 3.05) is 24.9 Å². The molecule has 2 aromatic carbocycles. The zero-order valence-electron chi connectivity index (χ0n) is 18.3. The summed E-state index contributed by atoms with van der Waals surface area (Å²) in [5.41, 5.74) is 1.36. The first-order valence-corrected chi connectivity index (χ1v) is 11.5. The van der Waals surface area contributed by atoms with E-state index >= 15 is 0 Å². The molecule has 31 heavy (non-hydrogen) atoms. The Morgan fingerprint density at radius 2 is 1.68 bits per heavy atom. The van der Waals surface area contributed by atoms with E-state index in [9.17, 15) is 9.59 Å². The van der Waals surface area contributed by atoms with Gasteiger partial charge in [0.25, 0.3) is 0 Å². The van der Waals surface area contributed by atoms with E-state index in [1.807, 2.05) is 31.2 Å². The highest BCUT2D eigenvalue weighted by molar-refractivity contribution is 8.00. The van der Waals surface area contributed by atoms with Crippen molar-refractivity contribution >= 4 is 35.0 Å². The summed E-state index contributed by atoms with van der Waals surface area (Å²) in [6.07, 6.45) is 5.45. The molecule has 0 saturated heterocycles. The molecule has 2 N–H and O–H groups in total. The van der Waals surface area contributed by atoms with Gasteiger partial charge in [0.2, 0.25) is 11.8 Å². The van der Waals surface area contributed by atoms with Crippen LogP contribution in [0.2, 0.25) is 0 Å². The lowest BCUT2D eigenvalue weighted by Gasteiger charge is -2.20. The number of amides is 2. The second-order valence-electron chi connectivity index (χ2n) is 7.66. The van der Waals surface area contributed by atoms with Gasteiger partial charge >= 0.3 is 0 Å². The Hall–Kier alpha value is -2.67. The molecule has 1 fully saturated rings. The van der Waals surface area contributed by atoms with Crippen LogP contribution in [0.15, 0.2) is 47.4 Å². The van der Waals surface area contributed by atoms with E-state index in [2.05, 4.69) is 10.6 Å². The molecular weight excluding hydrogens is 412 g/mol. The van der Waals surface area contributed by atoms with E-state index in [4.69, 9.17) is 9.47 Å². The van der Waals surface area contributed by atoms with Crippen molar-refractivity contribution in [1.29, 1.82) is 0 Å². The molecule has 2 aromatic rings. The Labute approximate surface area is 188 Å². The number of thioether (sulfide) groups is 1. The molecule has 6 nitrogen and oxygen atoms in total. The average Bonchev–Trinajstić information content (AvgIpc) is 2.80. The van der Waals surface area contributed by atoms with Crippen LogP contribution < -0.4 is 20.1 Å². The number of methoxy groups -OCH3 is 2. The van der Waals surface area contributed by atoms with Gasteiger partial charge in [-0.1, -0.05) is 19.3 Å². The SMILES string of the molecule is COc1ccc(OC)c(NC(=O)C(C)Sc2ccc(NC(=O)C3CCCCC3)cc2)c1. The standard InChI is InChI=1S/C24H30N2O4S/c1-16(23(27)26-21-15-19(29-2)11-14-22(21)30-3)31-20-12-9-18(10-13-20)25-24(28)17-7-5-4-6-8-17/h9-17H,4-8H2,1-3H3,(H,25,28)(H,26,27). The van der Waals surface area contributed by atoms with Gasteiger partial charge in [-0.05, 0) is 56.2 Å². The zero-order valence-corrected chi connectivity index (χ0v) is 19.1. The lowest BCUT2D eigenvalue weighted by molar-refractivity contribution is -0.120. The quantitative estimate of drug-likeness (QED) is 0.540. The third-order valence-corrected chi connectivity index (χ3v) is 6.56. The minimum Gasteiger partial charge on any atom is -0.497 e. The highest BCUT2D eigenvalue weighted by atomic mass is 32.2. The van der Waals surface area contributed by atoms with Crippen molar-refractivity contribution in [3.05, 3.63) is 42.5 Å².